The Morgan fingerprint density at radius 3 is 2.52 bits per heavy atom. The zero-order chi connectivity index (χ0) is 18.2. The highest BCUT2D eigenvalue weighted by Crippen LogP contribution is 2.26. The molecule has 3 aliphatic rings. The van der Waals surface area contributed by atoms with Gasteiger partial charge in [0.1, 0.15) is 5.82 Å². The van der Waals surface area contributed by atoms with Gasteiger partial charge in [-0.1, -0.05) is 0 Å². The molecule has 5 nitrogen and oxygen atoms in total. The van der Waals surface area contributed by atoms with Gasteiger partial charge in [-0.3, -0.25) is 14.9 Å². The van der Waals surface area contributed by atoms with Gasteiger partial charge >= 0.3 is 0 Å². The second kappa shape index (κ2) is 7.24. The summed E-state index contributed by atoms with van der Waals surface area (Å²) in [6.45, 7) is 7.53. The van der Waals surface area contributed by atoms with E-state index in [-0.39, 0.29) is 5.82 Å². The summed E-state index contributed by atoms with van der Waals surface area (Å²) >= 11 is 0. The summed E-state index contributed by atoms with van der Waals surface area (Å²) in [7, 11) is 0. The van der Waals surface area contributed by atoms with E-state index in [9.17, 15) is 4.39 Å². The highest BCUT2D eigenvalue weighted by molar-refractivity contribution is 5.46. The van der Waals surface area contributed by atoms with Crippen LogP contribution in [0.2, 0.25) is 0 Å². The lowest BCUT2D eigenvalue weighted by Crippen LogP contribution is -2.62. The molecule has 2 saturated heterocycles. The van der Waals surface area contributed by atoms with E-state index < -0.39 is 0 Å². The highest BCUT2D eigenvalue weighted by atomic mass is 19.1. The van der Waals surface area contributed by atoms with Crippen LogP contribution in [-0.4, -0.2) is 65.3 Å². The Hall–Kier alpha value is -1.92. The molecule has 1 aromatic heterocycles. The number of aromatic amines is 1. The van der Waals surface area contributed by atoms with Crippen LogP contribution in [0.15, 0.2) is 24.3 Å². The maximum atomic E-state index is 13.1. The number of piperazine rings is 1. The Kier molecular flexibility index (Phi) is 4.61. The second-order valence-electron chi connectivity index (χ2n) is 8.18. The minimum atomic E-state index is -0.162. The van der Waals surface area contributed by atoms with Crippen LogP contribution in [0.25, 0.3) is 0 Å². The number of benzene rings is 1. The van der Waals surface area contributed by atoms with Crippen LogP contribution < -0.4 is 4.90 Å². The summed E-state index contributed by atoms with van der Waals surface area (Å²) in [5, 5.41) is 7.86. The van der Waals surface area contributed by atoms with Crippen molar-refractivity contribution >= 4 is 5.69 Å². The summed E-state index contributed by atoms with van der Waals surface area (Å²) in [6, 6.07) is 7.56. The molecular formula is C21H28FN5. The monoisotopic (exact) mass is 369 g/mol. The summed E-state index contributed by atoms with van der Waals surface area (Å²) in [5.74, 6) is -0.162. The van der Waals surface area contributed by atoms with Gasteiger partial charge in [-0.15, -0.1) is 0 Å². The third-order valence-corrected chi connectivity index (χ3v) is 6.48. The van der Waals surface area contributed by atoms with E-state index in [0.29, 0.717) is 6.04 Å². The Morgan fingerprint density at radius 1 is 1.00 bits per heavy atom. The summed E-state index contributed by atoms with van der Waals surface area (Å²) in [5.41, 5.74) is 5.29. The third-order valence-electron chi connectivity index (χ3n) is 6.48. The number of hydrogen-bond donors (Lipinski definition) is 1. The number of anilines is 1. The molecule has 1 aliphatic carbocycles. The van der Waals surface area contributed by atoms with Crippen LogP contribution in [0, 0.1) is 5.82 Å². The number of likely N-dealkylation sites (tertiary alicyclic amines) is 1. The molecule has 1 aromatic carbocycles. The molecule has 1 N–H and O–H groups in total. The van der Waals surface area contributed by atoms with Gasteiger partial charge in [-0.05, 0) is 55.5 Å². The van der Waals surface area contributed by atoms with E-state index >= 15 is 0 Å². The number of aromatic nitrogens is 2. The van der Waals surface area contributed by atoms with Crippen LogP contribution in [0.1, 0.15) is 29.8 Å². The molecule has 2 fully saturated rings. The van der Waals surface area contributed by atoms with E-state index in [1.165, 1.54) is 42.6 Å². The lowest BCUT2D eigenvalue weighted by molar-refractivity contribution is 0.0247. The second-order valence-corrected chi connectivity index (χ2v) is 8.18. The van der Waals surface area contributed by atoms with Gasteiger partial charge in [0.15, 0.2) is 0 Å². The van der Waals surface area contributed by atoms with Crippen molar-refractivity contribution in [3.05, 3.63) is 47.0 Å². The van der Waals surface area contributed by atoms with Crippen molar-refractivity contribution in [3.8, 4) is 0 Å². The SMILES string of the molecule is Fc1ccc(N2CCN(C3CN(Cc4n[nH]c5c4CCCC5)C3)CC2)cc1. The van der Waals surface area contributed by atoms with Crippen LogP contribution >= 0.6 is 0 Å². The molecule has 27 heavy (non-hydrogen) atoms. The van der Waals surface area contributed by atoms with E-state index in [0.717, 1.165) is 51.5 Å². The predicted octanol–water partition coefficient (Wildman–Crippen LogP) is 2.43. The number of H-pyrrole nitrogens is 1. The molecule has 3 heterocycles. The minimum Gasteiger partial charge on any atom is -0.369 e. The molecular weight excluding hydrogens is 341 g/mol. The molecule has 0 unspecified atom stereocenters. The van der Waals surface area contributed by atoms with E-state index in [4.69, 9.17) is 0 Å². The van der Waals surface area contributed by atoms with Crippen molar-refractivity contribution in [1.29, 1.82) is 0 Å². The van der Waals surface area contributed by atoms with Crippen molar-refractivity contribution in [1.82, 2.24) is 20.0 Å². The number of nitrogens with one attached hydrogen (secondary N) is 1. The molecule has 0 spiro atoms. The fourth-order valence-corrected chi connectivity index (χ4v) is 4.79. The average molecular weight is 369 g/mol. The van der Waals surface area contributed by atoms with Gasteiger partial charge in [-0.25, -0.2) is 4.39 Å². The van der Waals surface area contributed by atoms with Gasteiger partial charge < -0.3 is 4.90 Å². The molecule has 0 saturated carbocycles. The third kappa shape index (κ3) is 3.48. The van der Waals surface area contributed by atoms with Gasteiger partial charge in [0.2, 0.25) is 0 Å². The van der Waals surface area contributed by atoms with Crippen LogP contribution in [0.3, 0.4) is 0 Å². The van der Waals surface area contributed by atoms with Crippen molar-refractivity contribution in [2.45, 2.75) is 38.3 Å². The summed E-state index contributed by atoms with van der Waals surface area (Å²) in [6.07, 6.45) is 4.97. The zero-order valence-corrected chi connectivity index (χ0v) is 15.8. The minimum absolute atomic E-state index is 0.162. The van der Waals surface area contributed by atoms with Crippen LogP contribution in [0.4, 0.5) is 10.1 Å². The molecule has 0 radical (unpaired) electrons. The van der Waals surface area contributed by atoms with Crippen LogP contribution in [-0.2, 0) is 19.4 Å². The molecule has 5 rings (SSSR count). The molecule has 0 bridgehead atoms. The Bertz CT molecular complexity index is 772. The largest absolute Gasteiger partial charge is 0.369 e. The Labute approximate surface area is 160 Å². The number of hydrogen-bond acceptors (Lipinski definition) is 4. The quantitative estimate of drug-likeness (QED) is 0.898. The summed E-state index contributed by atoms with van der Waals surface area (Å²) in [4.78, 5) is 7.51. The molecule has 2 aromatic rings. The highest BCUT2D eigenvalue weighted by Gasteiger charge is 2.34. The van der Waals surface area contributed by atoms with E-state index in [1.54, 1.807) is 12.1 Å². The molecule has 0 amide bonds. The normalized spacial score (nSPS) is 21.9. The first kappa shape index (κ1) is 17.2. The first-order chi connectivity index (χ1) is 13.3. The van der Waals surface area contributed by atoms with Crippen molar-refractivity contribution in [3.63, 3.8) is 0 Å². The fraction of sp³-hybridized carbons (Fsp3) is 0.571. The topological polar surface area (TPSA) is 38.4 Å². The van der Waals surface area contributed by atoms with E-state index in [1.807, 2.05) is 12.1 Å². The standard InChI is InChI=1S/C21H28FN5/c22-16-5-7-17(8-6-16)26-9-11-27(12-10-26)18-13-25(14-18)15-21-19-3-1-2-4-20(19)23-24-21/h5-8,18H,1-4,9-15H2,(H,23,24). The number of halogens is 1. The zero-order valence-electron chi connectivity index (χ0n) is 15.8. The number of fused-ring (bicyclic) bond motifs is 1. The smallest absolute Gasteiger partial charge is 0.123 e. The van der Waals surface area contributed by atoms with Crippen LogP contribution in [0.5, 0.6) is 0 Å². The average Bonchev–Trinajstić information content (AvgIpc) is 3.08. The molecule has 2 aliphatic heterocycles. The van der Waals surface area contributed by atoms with Crippen molar-refractivity contribution < 1.29 is 4.39 Å². The molecule has 0 atom stereocenters. The van der Waals surface area contributed by atoms with Gasteiger partial charge in [0.05, 0.1) is 5.69 Å². The number of aryl methyl sites for hydroxylation is 1. The lowest BCUT2D eigenvalue weighted by atomic mass is 9.95. The predicted molar refractivity (Wildman–Crippen MR) is 104 cm³/mol. The van der Waals surface area contributed by atoms with Crippen molar-refractivity contribution in [2.24, 2.45) is 0 Å². The Balaban J connectivity index is 1.10. The van der Waals surface area contributed by atoms with Gasteiger partial charge in [-0.2, -0.15) is 5.10 Å². The first-order valence-electron chi connectivity index (χ1n) is 10.3. The maximum Gasteiger partial charge on any atom is 0.123 e. The number of rotatable bonds is 4. The molecule has 144 valence electrons. The van der Waals surface area contributed by atoms with E-state index in [2.05, 4.69) is 24.9 Å². The van der Waals surface area contributed by atoms with Gasteiger partial charge in [0, 0.05) is 63.2 Å². The number of nitrogens with zero attached hydrogens (tertiary/aromatic N) is 4. The summed E-state index contributed by atoms with van der Waals surface area (Å²) < 4.78 is 13.1. The van der Waals surface area contributed by atoms with Crippen molar-refractivity contribution in [2.75, 3.05) is 44.2 Å². The lowest BCUT2D eigenvalue weighted by Gasteiger charge is -2.48. The molecule has 6 heteroatoms. The first-order valence-corrected chi connectivity index (χ1v) is 10.3. The Morgan fingerprint density at radius 2 is 1.74 bits per heavy atom. The fourth-order valence-electron chi connectivity index (χ4n) is 4.79. The van der Waals surface area contributed by atoms with Gasteiger partial charge in [0.25, 0.3) is 0 Å². The maximum absolute atomic E-state index is 13.1.